The number of carbonyl (C=O) groups is 2. The summed E-state index contributed by atoms with van der Waals surface area (Å²) in [5.74, 6) is -1.39. The van der Waals surface area contributed by atoms with Gasteiger partial charge in [-0.05, 0) is 54.4 Å². The lowest BCUT2D eigenvalue weighted by molar-refractivity contribution is -0.140. The first-order chi connectivity index (χ1) is 17.6. The molecule has 9 heteroatoms. The fraction of sp³-hybridized carbons (Fsp3) is 0.214. The number of ether oxygens (including phenoxy) is 2. The van der Waals surface area contributed by atoms with E-state index in [4.69, 9.17) is 9.47 Å². The molecule has 0 radical (unpaired) electrons. The van der Waals surface area contributed by atoms with Crippen LogP contribution in [0.4, 0.5) is 13.2 Å². The molecular weight excluding hydrogens is 487 g/mol. The molecule has 4 rings (SSSR count). The van der Waals surface area contributed by atoms with Gasteiger partial charge in [-0.15, -0.1) is 0 Å². The molecule has 1 atom stereocenters. The first-order valence-electron chi connectivity index (χ1n) is 11.5. The largest absolute Gasteiger partial charge is 0.507 e. The van der Waals surface area contributed by atoms with E-state index in [0.29, 0.717) is 23.7 Å². The van der Waals surface area contributed by atoms with Gasteiger partial charge in [0, 0.05) is 12.1 Å². The summed E-state index contributed by atoms with van der Waals surface area (Å²) in [5.41, 5.74) is -0.155. The van der Waals surface area contributed by atoms with E-state index in [1.807, 2.05) is 0 Å². The van der Waals surface area contributed by atoms with E-state index >= 15 is 0 Å². The van der Waals surface area contributed by atoms with E-state index < -0.39 is 35.2 Å². The number of Topliss-reactive ketones (excluding diaryl/α,β-unsaturated/α-hetero) is 1. The number of alkyl halides is 3. The van der Waals surface area contributed by atoms with E-state index in [0.717, 1.165) is 17.0 Å². The van der Waals surface area contributed by atoms with Crippen molar-refractivity contribution < 1.29 is 37.3 Å². The molecule has 1 amide bonds. The maximum Gasteiger partial charge on any atom is 0.416 e. The van der Waals surface area contributed by atoms with Gasteiger partial charge in [-0.2, -0.15) is 13.2 Å². The molecule has 1 N–H and O–H groups in total. The molecule has 6 nitrogen and oxygen atoms in total. The molecule has 192 valence electrons. The fourth-order valence-corrected chi connectivity index (χ4v) is 4.30. The summed E-state index contributed by atoms with van der Waals surface area (Å²) in [5, 5.41) is 11.2. The third-order valence-electron chi connectivity index (χ3n) is 5.98. The lowest BCUT2D eigenvalue weighted by atomic mass is 9.95. The number of aliphatic hydroxyl groups is 1. The minimum atomic E-state index is -4.57. The predicted molar refractivity (Wildman–Crippen MR) is 130 cm³/mol. The maximum absolute atomic E-state index is 13.3. The van der Waals surface area contributed by atoms with Crippen molar-refractivity contribution in [2.45, 2.75) is 25.7 Å². The SMILES string of the molecule is CCOc1cccc(/C(O)=C2\C(=O)C(=O)N(Cc3cccc(C(F)(F)F)c3)C2c2cccc(OC)c2)c1. The van der Waals surface area contributed by atoms with Crippen LogP contribution in [0, 0.1) is 0 Å². The molecule has 1 unspecified atom stereocenters. The van der Waals surface area contributed by atoms with E-state index in [9.17, 15) is 27.9 Å². The average Bonchev–Trinajstić information content (AvgIpc) is 3.13. The van der Waals surface area contributed by atoms with Gasteiger partial charge in [0.2, 0.25) is 0 Å². The standard InChI is InChI=1S/C28H24F3NO5/c1-3-37-22-12-6-9-19(15-22)25(33)23-24(18-8-5-11-21(14-18)36-2)32(27(35)26(23)34)16-17-7-4-10-20(13-17)28(29,30)31/h4-15,24,33H,3,16H2,1-2H3/b25-23+. The molecule has 0 spiro atoms. The van der Waals surface area contributed by atoms with Gasteiger partial charge in [-0.1, -0.05) is 36.4 Å². The third kappa shape index (κ3) is 5.30. The van der Waals surface area contributed by atoms with Crippen LogP contribution < -0.4 is 9.47 Å². The first-order valence-corrected chi connectivity index (χ1v) is 11.5. The second-order valence-corrected chi connectivity index (χ2v) is 8.36. The summed E-state index contributed by atoms with van der Waals surface area (Å²) < 4.78 is 50.6. The number of nitrogens with zero attached hydrogens (tertiary/aromatic N) is 1. The Balaban J connectivity index is 1.85. The first kappa shape index (κ1) is 25.8. The lowest BCUT2D eigenvalue weighted by Gasteiger charge is -2.26. The zero-order valence-electron chi connectivity index (χ0n) is 20.1. The van der Waals surface area contributed by atoms with E-state index in [1.165, 1.54) is 19.2 Å². The highest BCUT2D eigenvalue weighted by molar-refractivity contribution is 6.46. The summed E-state index contributed by atoms with van der Waals surface area (Å²) in [6.45, 7) is 1.90. The third-order valence-corrected chi connectivity index (χ3v) is 5.98. The van der Waals surface area contributed by atoms with Crippen LogP contribution in [0.2, 0.25) is 0 Å². The highest BCUT2D eigenvalue weighted by Gasteiger charge is 2.46. The molecule has 0 aromatic heterocycles. The quantitative estimate of drug-likeness (QED) is 0.249. The number of rotatable bonds is 7. The number of benzene rings is 3. The number of hydrogen-bond donors (Lipinski definition) is 1. The number of ketones is 1. The molecule has 1 aliphatic rings. The molecule has 0 bridgehead atoms. The number of amides is 1. The van der Waals surface area contributed by atoms with Crippen LogP contribution >= 0.6 is 0 Å². The molecule has 0 aliphatic carbocycles. The summed E-state index contributed by atoms with van der Waals surface area (Å²) in [6, 6.07) is 16.5. The van der Waals surface area contributed by atoms with Gasteiger partial charge in [0.05, 0.1) is 30.9 Å². The van der Waals surface area contributed by atoms with Crippen molar-refractivity contribution in [3.8, 4) is 11.5 Å². The fourth-order valence-electron chi connectivity index (χ4n) is 4.30. The molecule has 1 fully saturated rings. The highest BCUT2D eigenvalue weighted by Crippen LogP contribution is 2.41. The Morgan fingerprint density at radius 3 is 2.38 bits per heavy atom. The number of halogens is 3. The summed E-state index contributed by atoms with van der Waals surface area (Å²) in [4.78, 5) is 27.6. The van der Waals surface area contributed by atoms with Gasteiger partial charge >= 0.3 is 6.18 Å². The van der Waals surface area contributed by atoms with Crippen LogP contribution in [0.5, 0.6) is 11.5 Å². The highest BCUT2D eigenvalue weighted by atomic mass is 19.4. The Labute approximate surface area is 211 Å². The molecule has 37 heavy (non-hydrogen) atoms. The molecule has 1 aliphatic heterocycles. The smallest absolute Gasteiger partial charge is 0.416 e. The Hall–Kier alpha value is -4.27. The van der Waals surface area contributed by atoms with E-state index in [1.54, 1.807) is 55.5 Å². The van der Waals surface area contributed by atoms with Crippen molar-refractivity contribution in [1.82, 2.24) is 4.90 Å². The monoisotopic (exact) mass is 511 g/mol. The van der Waals surface area contributed by atoms with Crippen molar-refractivity contribution in [1.29, 1.82) is 0 Å². The minimum Gasteiger partial charge on any atom is -0.507 e. The normalized spacial score (nSPS) is 17.2. The van der Waals surface area contributed by atoms with Gasteiger partial charge in [0.1, 0.15) is 17.3 Å². The van der Waals surface area contributed by atoms with Crippen LogP contribution in [-0.4, -0.2) is 35.4 Å². The number of likely N-dealkylation sites (tertiary alicyclic amines) is 1. The maximum atomic E-state index is 13.3. The Bertz CT molecular complexity index is 1370. The number of hydrogen-bond acceptors (Lipinski definition) is 5. The van der Waals surface area contributed by atoms with Gasteiger partial charge in [-0.25, -0.2) is 0 Å². The second kappa shape index (κ2) is 10.4. The molecule has 3 aromatic carbocycles. The molecule has 0 saturated carbocycles. The Morgan fingerprint density at radius 1 is 0.973 bits per heavy atom. The Kier molecular flexibility index (Phi) is 7.24. The zero-order valence-corrected chi connectivity index (χ0v) is 20.1. The van der Waals surface area contributed by atoms with Crippen LogP contribution in [0.3, 0.4) is 0 Å². The summed E-state index contributed by atoms with van der Waals surface area (Å²) in [7, 11) is 1.46. The summed E-state index contributed by atoms with van der Waals surface area (Å²) >= 11 is 0. The second-order valence-electron chi connectivity index (χ2n) is 8.36. The number of carbonyl (C=O) groups excluding carboxylic acids is 2. The molecule has 1 heterocycles. The van der Waals surface area contributed by atoms with Gasteiger partial charge in [-0.3, -0.25) is 9.59 Å². The van der Waals surface area contributed by atoms with Crippen LogP contribution in [-0.2, 0) is 22.3 Å². The molecular formula is C28H24F3NO5. The topological polar surface area (TPSA) is 76.1 Å². The average molecular weight is 511 g/mol. The lowest BCUT2D eigenvalue weighted by Crippen LogP contribution is -2.29. The number of methoxy groups -OCH3 is 1. The van der Waals surface area contributed by atoms with Crippen LogP contribution in [0.1, 0.15) is 35.2 Å². The van der Waals surface area contributed by atoms with Gasteiger partial charge < -0.3 is 19.5 Å². The van der Waals surface area contributed by atoms with Crippen molar-refractivity contribution in [2.75, 3.05) is 13.7 Å². The van der Waals surface area contributed by atoms with Crippen molar-refractivity contribution in [3.05, 3.63) is 101 Å². The van der Waals surface area contributed by atoms with Crippen molar-refractivity contribution >= 4 is 17.4 Å². The number of aliphatic hydroxyl groups excluding tert-OH is 1. The van der Waals surface area contributed by atoms with Crippen molar-refractivity contribution in [2.24, 2.45) is 0 Å². The van der Waals surface area contributed by atoms with Crippen LogP contribution in [0.25, 0.3) is 5.76 Å². The van der Waals surface area contributed by atoms with E-state index in [2.05, 4.69) is 0 Å². The minimum absolute atomic E-state index is 0.182. The van der Waals surface area contributed by atoms with Gasteiger partial charge in [0.15, 0.2) is 0 Å². The summed E-state index contributed by atoms with van der Waals surface area (Å²) in [6.07, 6.45) is -4.57. The molecule has 3 aromatic rings. The van der Waals surface area contributed by atoms with Crippen molar-refractivity contribution in [3.63, 3.8) is 0 Å². The molecule has 1 saturated heterocycles. The van der Waals surface area contributed by atoms with E-state index in [-0.39, 0.29) is 23.2 Å². The van der Waals surface area contributed by atoms with Crippen LogP contribution in [0.15, 0.2) is 78.4 Å². The zero-order chi connectivity index (χ0) is 26.7. The predicted octanol–water partition coefficient (Wildman–Crippen LogP) is 5.73. The Morgan fingerprint density at radius 2 is 1.68 bits per heavy atom. The van der Waals surface area contributed by atoms with Gasteiger partial charge in [0.25, 0.3) is 11.7 Å².